The van der Waals surface area contributed by atoms with Crippen LogP contribution in [0.4, 0.5) is 0 Å². The Morgan fingerprint density at radius 2 is 2.17 bits per heavy atom. The average Bonchev–Trinajstić information content (AvgIpc) is 2.81. The lowest BCUT2D eigenvalue weighted by molar-refractivity contribution is 0.0475. The van der Waals surface area contributed by atoms with E-state index in [0.29, 0.717) is 10.2 Å². The minimum atomic E-state index is -0.658. The van der Waals surface area contributed by atoms with E-state index in [1.165, 1.54) is 12.4 Å². The van der Waals surface area contributed by atoms with Crippen molar-refractivity contribution in [3.8, 4) is 0 Å². The third-order valence-electron chi connectivity index (χ3n) is 1.63. The van der Waals surface area contributed by atoms with Crippen LogP contribution in [0.2, 0.25) is 5.02 Å². The number of hydrogen-bond donors (Lipinski definition) is 0. The minimum Gasteiger partial charge on any atom is -0.459 e. The summed E-state index contributed by atoms with van der Waals surface area (Å²) in [4.78, 5) is 19.2. The van der Waals surface area contributed by atoms with Crippen LogP contribution in [-0.2, 0) is 4.74 Å². The fourth-order valence-electron chi connectivity index (χ4n) is 0.958. The number of carbonyl (C=O) groups excluding carboxylic acids is 1. The zero-order chi connectivity index (χ0) is 13.0. The molecule has 0 aliphatic heterocycles. The summed E-state index contributed by atoms with van der Waals surface area (Å²) < 4.78 is 9.80. The van der Waals surface area contributed by atoms with E-state index in [0.717, 1.165) is 11.8 Å². The van der Waals surface area contributed by atoms with Crippen molar-refractivity contribution in [2.75, 3.05) is 6.61 Å². The van der Waals surface area contributed by atoms with Crippen molar-refractivity contribution in [1.29, 1.82) is 0 Å². The van der Waals surface area contributed by atoms with Gasteiger partial charge >= 0.3 is 11.9 Å². The lowest BCUT2D eigenvalue weighted by atomic mass is 10.7. The maximum absolute atomic E-state index is 11.3. The monoisotopic (exact) mass is 286 g/mol. The summed E-state index contributed by atoms with van der Waals surface area (Å²) in [5, 5.41) is 8.19. The third kappa shape index (κ3) is 3.17. The first kappa shape index (κ1) is 12.8. The molecule has 0 atom stereocenters. The number of ether oxygens (including phenoxy) is 1. The molecule has 0 bridgehead atoms. The highest BCUT2D eigenvalue weighted by atomic mass is 35.5. The Morgan fingerprint density at radius 3 is 2.83 bits per heavy atom. The van der Waals surface area contributed by atoms with Crippen LogP contribution >= 0.6 is 23.4 Å². The van der Waals surface area contributed by atoms with E-state index in [1.54, 1.807) is 6.92 Å². The Morgan fingerprint density at radius 1 is 1.44 bits per heavy atom. The molecule has 0 unspecified atom stereocenters. The van der Waals surface area contributed by atoms with Gasteiger partial charge in [-0.25, -0.2) is 14.8 Å². The van der Waals surface area contributed by atoms with Crippen molar-refractivity contribution in [2.24, 2.45) is 0 Å². The van der Waals surface area contributed by atoms with Crippen molar-refractivity contribution < 1.29 is 13.9 Å². The maximum atomic E-state index is 11.3. The molecule has 0 aliphatic carbocycles. The van der Waals surface area contributed by atoms with Gasteiger partial charge in [-0.3, -0.25) is 0 Å². The van der Waals surface area contributed by atoms with Crippen molar-refractivity contribution in [3.63, 3.8) is 0 Å². The van der Waals surface area contributed by atoms with Crippen LogP contribution in [0.3, 0.4) is 0 Å². The summed E-state index contributed by atoms with van der Waals surface area (Å²) in [5.74, 6) is -0.859. The SMILES string of the molecule is CCOC(=O)c1nnc(Sc2ncc(Cl)cn2)o1. The average molecular weight is 287 g/mol. The molecule has 0 radical (unpaired) electrons. The van der Waals surface area contributed by atoms with Crippen LogP contribution in [0.5, 0.6) is 0 Å². The fourth-order valence-corrected chi connectivity index (χ4v) is 1.62. The van der Waals surface area contributed by atoms with Crippen LogP contribution in [0.15, 0.2) is 27.2 Å². The fraction of sp³-hybridized carbons (Fsp3) is 0.222. The smallest absolute Gasteiger partial charge is 0.396 e. The van der Waals surface area contributed by atoms with Crippen molar-refractivity contribution in [2.45, 2.75) is 17.3 Å². The molecule has 2 aromatic rings. The number of hydrogen-bond acceptors (Lipinski definition) is 8. The molecular formula is C9H7ClN4O3S. The van der Waals surface area contributed by atoms with Gasteiger partial charge in [-0.1, -0.05) is 16.7 Å². The Labute approximate surface area is 111 Å². The first-order valence-electron chi connectivity index (χ1n) is 4.85. The number of rotatable bonds is 4. The van der Waals surface area contributed by atoms with Crippen molar-refractivity contribution >= 4 is 29.3 Å². The van der Waals surface area contributed by atoms with Crippen LogP contribution < -0.4 is 0 Å². The molecule has 0 aromatic carbocycles. The van der Waals surface area contributed by atoms with Crippen LogP contribution in [0.1, 0.15) is 17.6 Å². The van der Waals surface area contributed by atoms with E-state index >= 15 is 0 Å². The highest BCUT2D eigenvalue weighted by molar-refractivity contribution is 7.98. The van der Waals surface area contributed by atoms with Crippen molar-refractivity contribution in [1.82, 2.24) is 20.2 Å². The summed E-state index contributed by atoms with van der Waals surface area (Å²) in [6.45, 7) is 1.93. The second-order valence-electron chi connectivity index (χ2n) is 2.88. The zero-order valence-corrected chi connectivity index (χ0v) is 10.7. The molecule has 0 N–H and O–H groups in total. The number of nitrogens with zero attached hydrogens (tertiary/aromatic N) is 4. The third-order valence-corrected chi connectivity index (χ3v) is 2.56. The molecule has 2 heterocycles. The second-order valence-corrected chi connectivity index (χ2v) is 4.23. The standard InChI is InChI=1S/C9H7ClN4O3S/c1-2-16-7(15)6-13-14-9(17-6)18-8-11-3-5(10)4-12-8/h3-4H,2H2,1H3. The maximum Gasteiger partial charge on any atom is 0.396 e. The topological polar surface area (TPSA) is 91.0 Å². The Balaban J connectivity index is 2.06. The largest absolute Gasteiger partial charge is 0.459 e. The van der Waals surface area contributed by atoms with E-state index in [1.807, 2.05) is 0 Å². The quantitative estimate of drug-likeness (QED) is 0.621. The van der Waals surface area contributed by atoms with Gasteiger partial charge in [0.1, 0.15) is 0 Å². The lowest BCUT2D eigenvalue weighted by Gasteiger charge is -1.95. The van der Waals surface area contributed by atoms with Gasteiger partial charge in [0.2, 0.25) is 0 Å². The van der Waals surface area contributed by atoms with Gasteiger partial charge in [-0.15, -0.1) is 5.10 Å². The summed E-state index contributed by atoms with van der Waals surface area (Å²) in [6, 6.07) is 0. The molecule has 0 saturated carbocycles. The normalized spacial score (nSPS) is 10.3. The zero-order valence-electron chi connectivity index (χ0n) is 9.16. The Kier molecular flexibility index (Phi) is 4.11. The van der Waals surface area contributed by atoms with Gasteiger partial charge < -0.3 is 9.15 Å². The van der Waals surface area contributed by atoms with Gasteiger partial charge in [0, 0.05) is 11.8 Å². The molecule has 7 nitrogen and oxygen atoms in total. The predicted octanol–water partition coefficient (Wildman–Crippen LogP) is 1.84. The van der Waals surface area contributed by atoms with Gasteiger partial charge in [0.15, 0.2) is 5.16 Å². The summed E-state index contributed by atoms with van der Waals surface area (Å²) in [7, 11) is 0. The first-order chi connectivity index (χ1) is 8.69. The molecular weight excluding hydrogens is 280 g/mol. The molecule has 18 heavy (non-hydrogen) atoms. The van der Waals surface area contributed by atoms with E-state index in [-0.39, 0.29) is 17.7 Å². The molecule has 0 amide bonds. The molecule has 2 rings (SSSR count). The van der Waals surface area contributed by atoms with Crippen LogP contribution in [-0.4, -0.2) is 32.7 Å². The highest BCUT2D eigenvalue weighted by Gasteiger charge is 2.17. The molecule has 0 spiro atoms. The highest BCUT2D eigenvalue weighted by Crippen LogP contribution is 2.23. The number of carbonyl (C=O) groups is 1. The van der Waals surface area contributed by atoms with Gasteiger partial charge in [-0.05, 0) is 6.92 Å². The number of halogens is 1. The summed E-state index contributed by atoms with van der Waals surface area (Å²) >= 11 is 6.67. The van der Waals surface area contributed by atoms with E-state index in [2.05, 4.69) is 20.2 Å². The van der Waals surface area contributed by atoms with Gasteiger partial charge in [0.05, 0.1) is 24.0 Å². The Bertz CT molecular complexity index is 545. The minimum absolute atomic E-state index is 0.153. The van der Waals surface area contributed by atoms with Crippen LogP contribution in [0, 0.1) is 0 Å². The molecule has 0 aliphatic rings. The Hall–Kier alpha value is -1.67. The number of esters is 1. The van der Waals surface area contributed by atoms with E-state index in [9.17, 15) is 4.79 Å². The van der Waals surface area contributed by atoms with Gasteiger partial charge in [0.25, 0.3) is 5.22 Å². The molecule has 9 heteroatoms. The molecule has 0 saturated heterocycles. The summed E-state index contributed by atoms with van der Waals surface area (Å²) in [6.07, 6.45) is 2.89. The molecule has 0 fully saturated rings. The molecule has 94 valence electrons. The van der Waals surface area contributed by atoms with Crippen LogP contribution in [0.25, 0.3) is 0 Å². The van der Waals surface area contributed by atoms with E-state index in [4.69, 9.17) is 20.8 Å². The predicted molar refractivity (Wildman–Crippen MR) is 61.4 cm³/mol. The van der Waals surface area contributed by atoms with Gasteiger partial charge in [-0.2, -0.15) is 0 Å². The second kappa shape index (κ2) is 5.78. The van der Waals surface area contributed by atoms with E-state index < -0.39 is 5.97 Å². The number of aromatic nitrogens is 4. The first-order valence-corrected chi connectivity index (χ1v) is 6.04. The lowest BCUT2D eigenvalue weighted by Crippen LogP contribution is -2.04. The molecule has 2 aromatic heterocycles. The van der Waals surface area contributed by atoms with Crippen molar-refractivity contribution in [3.05, 3.63) is 23.3 Å². The summed E-state index contributed by atoms with van der Waals surface area (Å²) in [5.41, 5.74) is 0.